The van der Waals surface area contributed by atoms with Gasteiger partial charge in [-0.05, 0) is 43.0 Å². The quantitative estimate of drug-likeness (QED) is 0.788. The largest absolute Gasteiger partial charge is 0.373 e. The summed E-state index contributed by atoms with van der Waals surface area (Å²) in [6, 6.07) is 10.3. The van der Waals surface area contributed by atoms with Gasteiger partial charge < -0.3 is 4.74 Å². The van der Waals surface area contributed by atoms with E-state index in [1.165, 1.54) is 21.6 Å². The molecule has 20 heavy (non-hydrogen) atoms. The van der Waals surface area contributed by atoms with Crippen molar-refractivity contribution in [1.29, 1.82) is 0 Å². The smallest absolute Gasteiger partial charge is 0.175 e. The number of hydrogen-bond acceptors (Lipinski definition) is 3. The molecule has 0 saturated heterocycles. The molecule has 0 bridgehead atoms. The molecule has 104 valence electrons. The number of carbonyl (C=O) groups is 1. The molecule has 3 rings (SSSR count). The first kappa shape index (κ1) is 13.5. The van der Waals surface area contributed by atoms with Crippen LogP contribution in [0.3, 0.4) is 0 Å². The number of thiophene rings is 1. The molecule has 3 heteroatoms. The van der Waals surface area contributed by atoms with E-state index in [-0.39, 0.29) is 11.9 Å². The molecular formula is C17H18O2S. The van der Waals surface area contributed by atoms with Crippen molar-refractivity contribution in [2.45, 2.75) is 32.8 Å². The molecule has 2 aromatic rings. The minimum absolute atomic E-state index is 0.0878. The zero-order valence-corrected chi connectivity index (χ0v) is 12.6. The molecule has 0 saturated carbocycles. The average Bonchev–Trinajstić information content (AvgIpc) is 2.79. The fourth-order valence-corrected chi connectivity index (χ4v) is 3.61. The Morgan fingerprint density at radius 2 is 2.15 bits per heavy atom. The maximum absolute atomic E-state index is 12.4. The Labute approximate surface area is 123 Å². The highest BCUT2D eigenvalue weighted by Crippen LogP contribution is 2.32. The molecule has 1 aliphatic rings. The molecule has 0 spiro atoms. The van der Waals surface area contributed by atoms with E-state index in [0.29, 0.717) is 13.0 Å². The highest BCUT2D eigenvalue weighted by atomic mass is 32.1. The number of fused-ring (bicyclic) bond motifs is 1. The van der Waals surface area contributed by atoms with Gasteiger partial charge in [0.1, 0.15) is 0 Å². The fourth-order valence-electron chi connectivity index (χ4n) is 2.63. The second kappa shape index (κ2) is 5.51. The zero-order chi connectivity index (χ0) is 14.1. The molecule has 1 atom stereocenters. The van der Waals surface area contributed by atoms with Crippen molar-refractivity contribution in [3.8, 4) is 0 Å². The number of carbonyl (C=O) groups excluding carboxylic acids is 1. The molecule has 1 aliphatic heterocycles. The van der Waals surface area contributed by atoms with Gasteiger partial charge in [0.2, 0.25) is 0 Å². The van der Waals surface area contributed by atoms with E-state index in [4.69, 9.17) is 4.74 Å². The number of hydrogen-bond donors (Lipinski definition) is 0. The molecule has 0 aliphatic carbocycles. The molecule has 0 amide bonds. The maximum atomic E-state index is 12.4. The van der Waals surface area contributed by atoms with E-state index in [0.717, 1.165) is 11.3 Å². The summed E-state index contributed by atoms with van der Waals surface area (Å²) >= 11 is 1.59. The number of ketones is 1. The monoisotopic (exact) mass is 286 g/mol. The summed E-state index contributed by atoms with van der Waals surface area (Å²) in [6.45, 7) is 4.82. The van der Waals surface area contributed by atoms with Gasteiger partial charge in [-0.3, -0.25) is 4.79 Å². The summed E-state index contributed by atoms with van der Waals surface area (Å²) in [6.07, 6.45) is 1.30. The van der Waals surface area contributed by atoms with E-state index in [1.807, 2.05) is 12.1 Å². The van der Waals surface area contributed by atoms with Crippen molar-refractivity contribution in [2.75, 3.05) is 6.61 Å². The van der Waals surface area contributed by atoms with Gasteiger partial charge in [-0.1, -0.05) is 24.3 Å². The number of benzene rings is 1. The predicted molar refractivity (Wildman–Crippen MR) is 81.6 cm³/mol. The van der Waals surface area contributed by atoms with Gasteiger partial charge in [0.05, 0.1) is 17.6 Å². The number of Topliss-reactive ketones (excluding diaryl/α,β-unsaturated/α-hetero) is 1. The Kier molecular flexibility index (Phi) is 3.72. The van der Waals surface area contributed by atoms with Crippen molar-refractivity contribution in [2.24, 2.45) is 0 Å². The Morgan fingerprint density at radius 3 is 2.90 bits per heavy atom. The minimum atomic E-state index is -0.0878. The first-order chi connectivity index (χ1) is 9.65. The summed E-state index contributed by atoms with van der Waals surface area (Å²) < 4.78 is 5.82. The number of ether oxygens (including phenoxy) is 1. The highest BCUT2D eigenvalue weighted by Gasteiger charge is 2.24. The van der Waals surface area contributed by atoms with Crippen LogP contribution in [0.5, 0.6) is 0 Å². The third-order valence-corrected chi connectivity index (χ3v) is 5.10. The maximum Gasteiger partial charge on any atom is 0.175 e. The molecule has 0 radical (unpaired) electrons. The standard InChI is InChI=1S/C17H18O2S/c1-11-9-17(20-12(11)2)15(18)10-16-14-6-4-3-5-13(14)7-8-19-16/h3-6,9,16H,7-8,10H2,1-2H3. The molecule has 1 aromatic carbocycles. The molecule has 2 nitrogen and oxygen atoms in total. The summed E-state index contributed by atoms with van der Waals surface area (Å²) in [4.78, 5) is 14.5. The van der Waals surface area contributed by atoms with Crippen LogP contribution >= 0.6 is 11.3 Å². The Balaban J connectivity index is 1.80. The van der Waals surface area contributed by atoms with E-state index in [2.05, 4.69) is 32.0 Å². The minimum Gasteiger partial charge on any atom is -0.373 e. The predicted octanol–water partition coefficient (Wildman–Crippen LogP) is 4.25. The second-order valence-corrected chi connectivity index (χ2v) is 6.54. The van der Waals surface area contributed by atoms with Crippen LogP contribution in [0.4, 0.5) is 0 Å². The lowest BCUT2D eigenvalue weighted by Crippen LogP contribution is -2.18. The first-order valence-electron chi connectivity index (χ1n) is 6.95. The zero-order valence-electron chi connectivity index (χ0n) is 11.8. The van der Waals surface area contributed by atoms with Gasteiger partial charge in [0, 0.05) is 11.3 Å². The molecule has 0 N–H and O–H groups in total. The van der Waals surface area contributed by atoms with Crippen LogP contribution in [0.15, 0.2) is 30.3 Å². The first-order valence-corrected chi connectivity index (χ1v) is 7.76. The van der Waals surface area contributed by atoms with Crippen molar-refractivity contribution in [1.82, 2.24) is 0 Å². The van der Waals surface area contributed by atoms with Crippen molar-refractivity contribution < 1.29 is 9.53 Å². The van der Waals surface area contributed by atoms with Crippen LogP contribution in [-0.2, 0) is 11.2 Å². The van der Waals surface area contributed by atoms with Gasteiger partial charge in [-0.25, -0.2) is 0 Å². The third kappa shape index (κ3) is 2.56. The fraction of sp³-hybridized carbons (Fsp3) is 0.353. The van der Waals surface area contributed by atoms with Crippen LogP contribution in [0, 0.1) is 13.8 Å². The van der Waals surface area contributed by atoms with Crippen LogP contribution < -0.4 is 0 Å². The Hall–Kier alpha value is -1.45. The number of rotatable bonds is 3. The topological polar surface area (TPSA) is 26.3 Å². The van der Waals surface area contributed by atoms with Crippen LogP contribution in [0.2, 0.25) is 0 Å². The Morgan fingerprint density at radius 1 is 1.35 bits per heavy atom. The molecule has 1 unspecified atom stereocenters. The van der Waals surface area contributed by atoms with Crippen LogP contribution in [0.1, 0.15) is 43.8 Å². The summed E-state index contributed by atoms with van der Waals surface area (Å²) in [5.74, 6) is 0.188. The lowest BCUT2D eigenvalue weighted by molar-refractivity contribution is 0.0353. The molecule has 1 aromatic heterocycles. The summed E-state index contributed by atoms with van der Waals surface area (Å²) in [5, 5.41) is 0. The van der Waals surface area contributed by atoms with Crippen molar-refractivity contribution >= 4 is 17.1 Å². The van der Waals surface area contributed by atoms with Crippen molar-refractivity contribution in [3.63, 3.8) is 0 Å². The second-order valence-electron chi connectivity index (χ2n) is 5.29. The summed E-state index contributed by atoms with van der Waals surface area (Å²) in [5.41, 5.74) is 3.69. The van der Waals surface area contributed by atoms with Gasteiger partial charge in [-0.2, -0.15) is 0 Å². The van der Waals surface area contributed by atoms with Crippen molar-refractivity contribution in [3.05, 3.63) is 56.8 Å². The molecule has 0 fully saturated rings. The van der Waals surface area contributed by atoms with Gasteiger partial charge >= 0.3 is 0 Å². The third-order valence-electron chi connectivity index (χ3n) is 3.90. The van der Waals surface area contributed by atoms with Gasteiger partial charge in [-0.15, -0.1) is 11.3 Å². The van der Waals surface area contributed by atoms with E-state index < -0.39 is 0 Å². The molecular weight excluding hydrogens is 268 g/mol. The van der Waals surface area contributed by atoms with Gasteiger partial charge in [0.25, 0.3) is 0 Å². The van der Waals surface area contributed by atoms with Crippen LogP contribution in [0.25, 0.3) is 0 Å². The lowest BCUT2D eigenvalue weighted by atomic mass is 9.94. The highest BCUT2D eigenvalue weighted by molar-refractivity contribution is 7.14. The average molecular weight is 286 g/mol. The van der Waals surface area contributed by atoms with E-state index >= 15 is 0 Å². The van der Waals surface area contributed by atoms with Crippen LogP contribution in [-0.4, -0.2) is 12.4 Å². The lowest BCUT2D eigenvalue weighted by Gasteiger charge is -2.25. The molecule has 2 heterocycles. The van der Waals surface area contributed by atoms with E-state index in [1.54, 1.807) is 11.3 Å². The number of aryl methyl sites for hydroxylation is 2. The SMILES string of the molecule is Cc1cc(C(=O)CC2OCCc3ccccc32)sc1C. The van der Waals surface area contributed by atoms with E-state index in [9.17, 15) is 4.79 Å². The Bertz CT molecular complexity index is 623. The van der Waals surface area contributed by atoms with Gasteiger partial charge in [0.15, 0.2) is 5.78 Å². The summed E-state index contributed by atoms with van der Waals surface area (Å²) in [7, 11) is 0. The normalized spacial score (nSPS) is 17.8.